The summed E-state index contributed by atoms with van der Waals surface area (Å²) in [6.07, 6.45) is -0.101. The number of benzene rings is 1. The molecule has 2 nitrogen and oxygen atoms in total. The van der Waals surface area contributed by atoms with Crippen molar-refractivity contribution in [3.63, 3.8) is 0 Å². The fraction of sp³-hybridized carbons (Fsp3) is 0.308. The van der Waals surface area contributed by atoms with Crippen LogP contribution in [0.15, 0.2) is 36.7 Å². The van der Waals surface area contributed by atoms with Gasteiger partial charge in [0, 0.05) is 25.4 Å². The highest BCUT2D eigenvalue weighted by Gasteiger charge is 2.30. The molecule has 0 N–H and O–H groups in total. The smallest absolute Gasteiger partial charge is 0.331 e. The summed E-state index contributed by atoms with van der Waals surface area (Å²) in [5.41, 5.74) is 0.00990. The number of halogens is 3. The van der Waals surface area contributed by atoms with Crippen molar-refractivity contribution in [1.29, 1.82) is 0 Å². The van der Waals surface area contributed by atoms with E-state index in [1.165, 1.54) is 12.1 Å². The standard InChI is InChI=1S/C13H13F3N2/c1-2-12-17-6-7-18(12)9-10-4-3-5-11(8-10)13(14,15)16/h3-8H,2,9H2,1H3. The second-order valence-corrected chi connectivity index (χ2v) is 4.02. The number of hydrogen-bond donors (Lipinski definition) is 0. The average Bonchev–Trinajstić information content (AvgIpc) is 2.75. The molecular formula is C13H13F3N2. The molecule has 0 aliphatic carbocycles. The number of aromatic nitrogens is 2. The van der Waals surface area contributed by atoms with Crippen LogP contribution in [0.4, 0.5) is 13.2 Å². The van der Waals surface area contributed by atoms with Gasteiger partial charge in [0.1, 0.15) is 5.82 Å². The second kappa shape index (κ2) is 4.84. The average molecular weight is 254 g/mol. The van der Waals surface area contributed by atoms with Gasteiger partial charge in [-0.05, 0) is 17.7 Å². The highest BCUT2D eigenvalue weighted by molar-refractivity contribution is 5.26. The number of rotatable bonds is 3. The Morgan fingerprint density at radius 1 is 1.28 bits per heavy atom. The van der Waals surface area contributed by atoms with E-state index in [2.05, 4.69) is 4.98 Å². The van der Waals surface area contributed by atoms with Gasteiger partial charge in [0.15, 0.2) is 0 Å². The predicted molar refractivity (Wildman–Crippen MR) is 62.2 cm³/mol. The largest absolute Gasteiger partial charge is 0.416 e. The number of nitrogens with zero attached hydrogens (tertiary/aromatic N) is 2. The van der Waals surface area contributed by atoms with E-state index < -0.39 is 11.7 Å². The minimum absolute atomic E-state index is 0.410. The molecule has 0 bridgehead atoms. The zero-order valence-electron chi connectivity index (χ0n) is 9.91. The maximum atomic E-state index is 12.6. The monoisotopic (exact) mass is 254 g/mol. The van der Waals surface area contributed by atoms with Crippen molar-refractivity contribution in [2.24, 2.45) is 0 Å². The van der Waals surface area contributed by atoms with Crippen LogP contribution in [0.25, 0.3) is 0 Å². The quantitative estimate of drug-likeness (QED) is 0.819. The first kappa shape index (κ1) is 12.7. The molecule has 1 aromatic carbocycles. The Bertz CT molecular complexity index is 529. The van der Waals surface area contributed by atoms with Crippen molar-refractivity contribution in [3.8, 4) is 0 Å². The van der Waals surface area contributed by atoms with E-state index in [0.29, 0.717) is 12.1 Å². The Labute approximate surface area is 103 Å². The molecule has 0 saturated heterocycles. The van der Waals surface area contributed by atoms with Crippen molar-refractivity contribution >= 4 is 0 Å². The van der Waals surface area contributed by atoms with Crippen LogP contribution < -0.4 is 0 Å². The third-order valence-electron chi connectivity index (χ3n) is 2.73. The molecule has 0 unspecified atom stereocenters. The van der Waals surface area contributed by atoms with Crippen LogP contribution in [0.3, 0.4) is 0 Å². The predicted octanol–water partition coefficient (Wildman–Crippen LogP) is 3.51. The van der Waals surface area contributed by atoms with Crippen LogP contribution >= 0.6 is 0 Å². The maximum Gasteiger partial charge on any atom is 0.416 e. The first-order valence-corrected chi connectivity index (χ1v) is 5.67. The fourth-order valence-corrected chi connectivity index (χ4v) is 1.84. The molecular weight excluding hydrogens is 241 g/mol. The van der Waals surface area contributed by atoms with Gasteiger partial charge in [0.2, 0.25) is 0 Å². The molecule has 1 aromatic heterocycles. The van der Waals surface area contributed by atoms with E-state index in [9.17, 15) is 13.2 Å². The summed E-state index contributed by atoms with van der Waals surface area (Å²) >= 11 is 0. The van der Waals surface area contributed by atoms with Gasteiger partial charge in [-0.25, -0.2) is 4.98 Å². The molecule has 5 heteroatoms. The van der Waals surface area contributed by atoms with Gasteiger partial charge in [-0.15, -0.1) is 0 Å². The van der Waals surface area contributed by atoms with Gasteiger partial charge in [0.05, 0.1) is 5.56 Å². The first-order chi connectivity index (χ1) is 8.50. The van der Waals surface area contributed by atoms with E-state index in [1.807, 2.05) is 11.5 Å². The van der Waals surface area contributed by atoms with Gasteiger partial charge in [-0.3, -0.25) is 0 Å². The van der Waals surface area contributed by atoms with Crippen LogP contribution in [0.2, 0.25) is 0 Å². The Balaban J connectivity index is 2.25. The van der Waals surface area contributed by atoms with Crippen molar-refractivity contribution in [2.45, 2.75) is 26.1 Å². The van der Waals surface area contributed by atoms with Crippen molar-refractivity contribution < 1.29 is 13.2 Å². The normalized spacial score (nSPS) is 11.8. The Kier molecular flexibility index (Phi) is 3.41. The van der Waals surface area contributed by atoms with Crippen molar-refractivity contribution in [1.82, 2.24) is 9.55 Å². The van der Waals surface area contributed by atoms with Crippen LogP contribution in [0.1, 0.15) is 23.9 Å². The Morgan fingerprint density at radius 2 is 2.06 bits per heavy atom. The van der Waals surface area contributed by atoms with Gasteiger partial charge < -0.3 is 4.57 Å². The lowest BCUT2D eigenvalue weighted by Gasteiger charge is -2.10. The van der Waals surface area contributed by atoms with E-state index in [-0.39, 0.29) is 0 Å². The Morgan fingerprint density at radius 3 is 2.72 bits per heavy atom. The number of alkyl halides is 3. The molecule has 2 aromatic rings. The molecule has 0 fully saturated rings. The maximum absolute atomic E-state index is 12.6. The molecule has 0 aliphatic heterocycles. The summed E-state index contributed by atoms with van der Waals surface area (Å²) in [6, 6.07) is 5.38. The SMILES string of the molecule is CCc1nccn1Cc1cccc(C(F)(F)F)c1. The lowest BCUT2D eigenvalue weighted by Crippen LogP contribution is -2.07. The van der Waals surface area contributed by atoms with Crippen LogP contribution in [0.5, 0.6) is 0 Å². The summed E-state index contributed by atoms with van der Waals surface area (Å²) in [5.74, 6) is 0.868. The zero-order valence-corrected chi connectivity index (χ0v) is 9.91. The van der Waals surface area contributed by atoms with Crippen LogP contribution in [-0.4, -0.2) is 9.55 Å². The second-order valence-electron chi connectivity index (χ2n) is 4.02. The minimum atomic E-state index is -4.29. The summed E-state index contributed by atoms with van der Waals surface area (Å²) in [5, 5.41) is 0. The Hall–Kier alpha value is -1.78. The van der Waals surface area contributed by atoms with Crippen LogP contribution in [0, 0.1) is 0 Å². The molecule has 18 heavy (non-hydrogen) atoms. The van der Waals surface area contributed by atoms with Gasteiger partial charge in [-0.1, -0.05) is 19.1 Å². The first-order valence-electron chi connectivity index (χ1n) is 5.67. The summed E-state index contributed by atoms with van der Waals surface area (Å²) in [4.78, 5) is 4.14. The van der Waals surface area contributed by atoms with E-state index in [1.54, 1.807) is 18.5 Å². The van der Waals surface area contributed by atoms with Gasteiger partial charge >= 0.3 is 6.18 Å². The summed E-state index contributed by atoms with van der Waals surface area (Å²) in [6.45, 7) is 2.37. The van der Waals surface area contributed by atoms with Gasteiger partial charge in [0.25, 0.3) is 0 Å². The van der Waals surface area contributed by atoms with Crippen molar-refractivity contribution in [2.75, 3.05) is 0 Å². The molecule has 0 radical (unpaired) electrons. The molecule has 0 aliphatic rings. The number of hydrogen-bond acceptors (Lipinski definition) is 1. The molecule has 1 heterocycles. The summed E-state index contributed by atoms with van der Waals surface area (Å²) < 4.78 is 39.6. The lowest BCUT2D eigenvalue weighted by atomic mass is 10.1. The highest BCUT2D eigenvalue weighted by atomic mass is 19.4. The van der Waals surface area contributed by atoms with Crippen LogP contribution in [-0.2, 0) is 19.1 Å². The summed E-state index contributed by atoms with van der Waals surface area (Å²) in [7, 11) is 0. The molecule has 0 saturated carbocycles. The zero-order chi connectivity index (χ0) is 13.2. The van der Waals surface area contributed by atoms with E-state index >= 15 is 0 Å². The molecule has 96 valence electrons. The third kappa shape index (κ3) is 2.72. The fourth-order valence-electron chi connectivity index (χ4n) is 1.84. The van der Waals surface area contributed by atoms with E-state index in [4.69, 9.17) is 0 Å². The van der Waals surface area contributed by atoms with E-state index in [0.717, 1.165) is 18.3 Å². The number of aryl methyl sites for hydroxylation is 1. The highest BCUT2D eigenvalue weighted by Crippen LogP contribution is 2.29. The van der Waals surface area contributed by atoms with Crippen molar-refractivity contribution in [3.05, 3.63) is 53.6 Å². The molecule has 0 amide bonds. The molecule has 2 rings (SSSR count). The lowest BCUT2D eigenvalue weighted by molar-refractivity contribution is -0.137. The number of imidazole rings is 1. The minimum Gasteiger partial charge on any atom is -0.331 e. The topological polar surface area (TPSA) is 17.8 Å². The molecule has 0 atom stereocenters. The van der Waals surface area contributed by atoms with Gasteiger partial charge in [-0.2, -0.15) is 13.2 Å². The third-order valence-corrected chi connectivity index (χ3v) is 2.73. The molecule has 0 spiro atoms.